The number of carbonyl (C=O) groups is 2. The molecule has 1 aliphatic rings. The summed E-state index contributed by atoms with van der Waals surface area (Å²) in [6.45, 7) is 6.91. The van der Waals surface area contributed by atoms with Crippen molar-refractivity contribution in [1.29, 1.82) is 0 Å². The number of anilines is 1. The van der Waals surface area contributed by atoms with Gasteiger partial charge in [-0.2, -0.15) is 5.10 Å². The molecule has 0 aliphatic carbocycles. The SMILES string of the molecule is Cc1cc(NC(=O)C2CCCN(C(=O)C(C)C)C2)n[nH]1. The first-order valence-electron chi connectivity index (χ1n) is 7.09. The van der Waals surface area contributed by atoms with Gasteiger partial charge < -0.3 is 10.2 Å². The third-order valence-electron chi connectivity index (χ3n) is 3.55. The number of hydrogen-bond donors (Lipinski definition) is 2. The highest BCUT2D eigenvalue weighted by molar-refractivity contribution is 5.92. The Morgan fingerprint density at radius 3 is 2.85 bits per heavy atom. The van der Waals surface area contributed by atoms with Crippen molar-refractivity contribution < 1.29 is 9.59 Å². The largest absolute Gasteiger partial charge is 0.342 e. The first kappa shape index (κ1) is 14.6. The lowest BCUT2D eigenvalue weighted by atomic mass is 9.96. The average molecular weight is 278 g/mol. The number of nitrogens with zero attached hydrogens (tertiary/aromatic N) is 2. The van der Waals surface area contributed by atoms with Crippen LogP contribution in [0.15, 0.2) is 6.07 Å². The second kappa shape index (κ2) is 6.07. The van der Waals surface area contributed by atoms with Crippen LogP contribution in [0.3, 0.4) is 0 Å². The minimum atomic E-state index is -0.150. The topological polar surface area (TPSA) is 78.1 Å². The van der Waals surface area contributed by atoms with Gasteiger partial charge in [0.25, 0.3) is 0 Å². The van der Waals surface area contributed by atoms with Crippen LogP contribution in [-0.4, -0.2) is 40.0 Å². The van der Waals surface area contributed by atoms with Gasteiger partial charge in [-0.1, -0.05) is 13.8 Å². The molecule has 1 fully saturated rings. The quantitative estimate of drug-likeness (QED) is 0.880. The molecule has 1 saturated heterocycles. The van der Waals surface area contributed by atoms with Gasteiger partial charge in [0.1, 0.15) is 0 Å². The van der Waals surface area contributed by atoms with E-state index in [1.165, 1.54) is 0 Å². The van der Waals surface area contributed by atoms with Crippen LogP contribution in [0.2, 0.25) is 0 Å². The first-order valence-corrected chi connectivity index (χ1v) is 7.09. The third-order valence-corrected chi connectivity index (χ3v) is 3.55. The number of piperidine rings is 1. The van der Waals surface area contributed by atoms with E-state index >= 15 is 0 Å². The number of amides is 2. The molecule has 1 atom stereocenters. The molecule has 2 heterocycles. The van der Waals surface area contributed by atoms with Crippen LogP contribution in [0.1, 0.15) is 32.4 Å². The lowest BCUT2D eigenvalue weighted by Crippen LogP contribution is -2.45. The lowest BCUT2D eigenvalue weighted by molar-refractivity contribution is -0.137. The molecule has 1 aliphatic heterocycles. The second-order valence-corrected chi connectivity index (χ2v) is 5.70. The molecule has 1 aromatic rings. The molecule has 1 aromatic heterocycles. The highest BCUT2D eigenvalue weighted by Gasteiger charge is 2.29. The van der Waals surface area contributed by atoms with E-state index in [1.807, 2.05) is 20.8 Å². The predicted molar refractivity (Wildman–Crippen MR) is 76.1 cm³/mol. The van der Waals surface area contributed by atoms with Crippen LogP contribution in [0.4, 0.5) is 5.82 Å². The first-order chi connectivity index (χ1) is 9.47. The number of rotatable bonds is 3. The zero-order valence-corrected chi connectivity index (χ0v) is 12.3. The molecule has 2 rings (SSSR count). The molecule has 0 spiro atoms. The number of hydrogen-bond acceptors (Lipinski definition) is 3. The highest BCUT2D eigenvalue weighted by atomic mass is 16.2. The normalized spacial score (nSPS) is 19.2. The van der Waals surface area contributed by atoms with Crippen molar-refractivity contribution in [2.45, 2.75) is 33.6 Å². The molecule has 2 N–H and O–H groups in total. The van der Waals surface area contributed by atoms with Crippen molar-refractivity contribution in [2.75, 3.05) is 18.4 Å². The fraction of sp³-hybridized carbons (Fsp3) is 0.643. The van der Waals surface area contributed by atoms with Gasteiger partial charge >= 0.3 is 0 Å². The number of nitrogens with one attached hydrogen (secondary N) is 2. The number of aromatic amines is 1. The van der Waals surface area contributed by atoms with Gasteiger partial charge in [-0.3, -0.25) is 14.7 Å². The molecular formula is C14H22N4O2. The summed E-state index contributed by atoms with van der Waals surface area (Å²) in [7, 11) is 0. The van der Waals surface area contributed by atoms with Crippen LogP contribution >= 0.6 is 0 Å². The van der Waals surface area contributed by atoms with E-state index in [9.17, 15) is 9.59 Å². The Hall–Kier alpha value is -1.85. The van der Waals surface area contributed by atoms with E-state index in [-0.39, 0.29) is 23.7 Å². The Morgan fingerprint density at radius 2 is 2.25 bits per heavy atom. The molecule has 6 nitrogen and oxygen atoms in total. The summed E-state index contributed by atoms with van der Waals surface area (Å²) >= 11 is 0. The van der Waals surface area contributed by atoms with Crippen molar-refractivity contribution in [2.24, 2.45) is 11.8 Å². The van der Waals surface area contributed by atoms with Gasteiger partial charge in [0.15, 0.2) is 5.82 Å². The van der Waals surface area contributed by atoms with Crippen LogP contribution < -0.4 is 5.32 Å². The van der Waals surface area contributed by atoms with Gasteiger partial charge in [0, 0.05) is 30.8 Å². The summed E-state index contributed by atoms with van der Waals surface area (Å²) in [6, 6.07) is 1.79. The standard InChI is InChI=1S/C14H22N4O2/c1-9(2)14(20)18-6-4-5-11(8-18)13(19)15-12-7-10(3)16-17-12/h7,9,11H,4-6,8H2,1-3H3,(H2,15,16,17,19). The molecule has 0 bridgehead atoms. The molecular weight excluding hydrogens is 256 g/mol. The van der Waals surface area contributed by atoms with E-state index < -0.39 is 0 Å². The summed E-state index contributed by atoms with van der Waals surface area (Å²) in [4.78, 5) is 26.0. The Labute approximate surface area is 118 Å². The summed E-state index contributed by atoms with van der Waals surface area (Å²) < 4.78 is 0. The Balaban J connectivity index is 1.94. The maximum atomic E-state index is 12.2. The van der Waals surface area contributed by atoms with E-state index in [0.29, 0.717) is 12.4 Å². The Bertz CT molecular complexity index is 495. The summed E-state index contributed by atoms with van der Waals surface area (Å²) in [5, 5.41) is 9.59. The fourth-order valence-electron chi connectivity index (χ4n) is 2.47. The Kier molecular flexibility index (Phi) is 4.42. The lowest BCUT2D eigenvalue weighted by Gasteiger charge is -2.33. The van der Waals surface area contributed by atoms with E-state index in [4.69, 9.17) is 0 Å². The maximum Gasteiger partial charge on any atom is 0.230 e. The van der Waals surface area contributed by atoms with Crippen molar-refractivity contribution in [1.82, 2.24) is 15.1 Å². The van der Waals surface area contributed by atoms with Gasteiger partial charge in [0.2, 0.25) is 11.8 Å². The smallest absolute Gasteiger partial charge is 0.230 e. The zero-order chi connectivity index (χ0) is 14.7. The maximum absolute atomic E-state index is 12.2. The molecule has 20 heavy (non-hydrogen) atoms. The van der Waals surface area contributed by atoms with Gasteiger partial charge in [-0.25, -0.2) is 0 Å². The van der Waals surface area contributed by atoms with E-state index in [2.05, 4.69) is 15.5 Å². The predicted octanol–water partition coefficient (Wildman–Crippen LogP) is 1.55. The van der Waals surface area contributed by atoms with Crippen molar-refractivity contribution >= 4 is 17.6 Å². The van der Waals surface area contributed by atoms with Gasteiger partial charge in [-0.15, -0.1) is 0 Å². The fourth-order valence-corrected chi connectivity index (χ4v) is 2.47. The highest BCUT2D eigenvalue weighted by Crippen LogP contribution is 2.20. The number of likely N-dealkylation sites (tertiary alicyclic amines) is 1. The molecule has 0 radical (unpaired) electrons. The van der Waals surface area contributed by atoms with Crippen molar-refractivity contribution in [3.63, 3.8) is 0 Å². The summed E-state index contributed by atoms with van der Waals surface area (Å²) in [6.07, 6.45) is 1.69. The average Bonchev–Trinajstić information content (AvgIpc) is 2.83. The van der Waals surface area contributed by atoms with Crippen LogP contribution in [0.25, 0.3) is 0 Å². The van der Waals surface area contributed by atoms with Crippen molar-refractivity contribution in [3.05, 3.63) is 11.8 Å². The van der Waals surface area contributed by atoms with Crippen molar-refractivity contribution in [3.8, 4) is 0 Å². The third kappa shape index (κ3) is 3.37. The number of carbonyl (C=O) groups excluding carboxylic acids is 2. The van der Waals surface area contributed by atoms with E-state index in [0.717, 1.165) is 25.1 Å². The molecule has 0 aromatic carbocycles. The van der Waals surface area contributed by atoms with E-state index in [1.54, 1.807) is 11.0 Å². The van der Waals surface area contributed by atoms with Crippen LogP contribution in [-0.2, 0) is 9.59 Å². The number of H-pyrrole nitrogens is 1. The molecule has 6 heteroatoms. The van der Waals surface area contributed by atoms with Gasteiger partial charge in [0.05, 0.1) is 5.92 Å². The molecule has 1 unspecified atom stereocenters. The second-order valence-electron chi connectivity index (χ2n) is 5.70. The number of aromatic nitrogens is 2. The monoisotopic (exact) mass is 278 g/mol. The van der Waals surface area contributed by atoms with Gasteiger partial charge in [-0.05, 0) is 19.8 Å². The van der Waals surface area contributed by atoms with Crippen LogP contribution in [0.5, 0.6) is 0 Å². The zero-order valence-electron chi connectivity index (χ0n) is 12.3. The summed E-state index contributed by atoms with van der Waals surface area (Å²) in [5.74, 6) is 0.435. The molecule has 0 saturated carbocycles. The molecule has 2 amide bonds. The molecule has 110 valence electrons. The van der Waals surface area contributed by atoms with Crippen LogP contribution in [0, 0.1) is 18.8 Å². The Morgan fingerprint density at radius 1 is 1.50 bits per heavy atom. The summed E-state index contributed by atoms with van der Waals surface area (Å²) in [5.41, 5.74) is 0.903. The number of aryl methyl sites for hydroxylation is 1. The minimum absolute atomic E-state index is 0.0224. The minimum Gasteiger partial charge on any atom is -0.342 e.